The molecule has 0 aliphatic heterocycles. The Morgan fingerprint density at radius 1 is 0.696 bits per heavy atom. The standard InChI is InChI=1S/C24H22Br2N2O5.C16H17BrN2O3.ClH/c1-28-13-16(25)11-18(23(28)30)15-6-4-14(5-7-15)10-21(24(31)33-3)27-22(29)19-12-17(32-2)8-9-20(19)26;1-19-9-12(17)8-13(15(19)20)11-5-3-10(4-6-11)7-14(18)16(21)22-2;/h4-9,11-13,21H,10H2,1-3H3,(H,27,29);3-6,8-9,14H,7,18H2,1-2H3;1H. The summed E-state index contributed by atoms with van der Waals surface area (Å²) in [5.41, 5.74) is 10.3. The molecule has 2 atom stereocenters. The molecule has 0 radical (unpaired) electrons. The van der Waals surface area contributed by atoms with Crippen LogP contribution in [0.2, 0.25) is 0 Å². The van der Waals surface area contributed by atoms with Gasteiger partial charge in [0.2, 0.25) is 0 Å². The van der Waals surface area contributed by atoms with E-state index < -0.39 is 29.9 Å². The van der Waals surface area contributed by atoms with Crippen LogP contribution in [0.3, 0.4) is 0 Å². The van der Waals surface area contributed by atoms with Crippen LogP contribution in [0.4, 0.5) is 0 Å². The number of halogens is 4. The number of hydrogen-bond donors (Lipinski definition) is 2. The van der Waals surface area contributed by atoms with E-state index in [1.807, 2.05) is 48.5 Å². The Labute approximate surface area is 355 Å². The van der Waals surface area contributed by atoms with Crippen LogP contribution in [-0.4, -0.2) is 60.4 Å². The molecule has 5 aromatic rings. The van der Waals surface area contributed by atoms with Crippen molar-refractivity contribution < 1.29 is 28.6 Å². The highest BCUT2D eigenvalue weighted by Gasteiger charge is 2.24. The second kappa shape index (κ2) is 21.1. The van der Waals surface area contributed by atoms with Gasteiger partial charge in [0.25, 0.3) is 17.0 Å². The topological polar surface area (TPSA) is 161 Å². The Morgan fingerprint density at radius 3 is 1.61 bits per heavy atom. The lowest BCUT2D eigenvalue weighted by Gasteiger charge is -2.18. The molecule has 0 saturated heterocycles. The Hall–Kier alpha value is -4.54. The van der Waals surface area contributed by atoms with Gasteiger partial charge < -0.3 is 34.4 Å². The molecule has 2 aromatic heterocycles. The molecule has 2 unspecified atom stereocenters. The van der Waals surface area contributed by atoms with Crippen LogP contribution in [0, 0.1) is 0 Å². The van der Waals surface area contributed by atoms with Gasteiger partial charge in [-0.15, -0.1) is 12.4 Å². The third-order valence-electron chi connectivity index (χ3n) is 8.44. The lowest BCUT2D eigenvalue weighted by molar-refractivity contribution is -0.143. The van der Waals surface area contributed by atoms with E-state index in [0.29, 0.717) is 33.3 Å². The summed E-state index contributed by atoms with van der Waals surface area (Å²) in [7, 11) is 7.49. The van der Waals surface area contributed by atoms with Crippen LogP contribution < -0.4 is 26.9 Å². The van der Waals surface area contributed by atoms with Gasteiger partial charge in [-0.25, -0.2) is 4.79 Å². The number of esters is 2. The summed E-state index contributed by atoms with van der Waals surface area (Å²) in [6, 6.07) is 21.7. The summed E-state index contributed by atoms with van der Waals surface area (Å²) in [5, 5.41) is 2.74. The van der Waals surface area contributed by atoms with Crippen molar-refractivity contribution >= 4 is 78.0 Å². The molecule has 0 aliphatic rings. The minimum atomic E-state index is -0.898. The number of aryl methyl sites for hydroxylation is 2. The maximum atomic E-state index is 12.8. The number of pyridine rings is 2. The quantitative estimate of drug-likeness (QED) is 0.143. The number of nitrogens with two attached hydrogens (primary N) is 1. The first-order valence-corrected chi connectivity index (χ1v) is 19.0. The number of carbonyl (C=O) groups is 3. The monoisotopic (exact) mass is 976 g/mol. The molecule has 16 heteroatoms. The molecule has 0 spiro atoms. The highest BCUT2D eigenvalue weighted by molar-refractivity contribution is 9.11. The predicted octanol–water partition coefficient (Wildman–Crippen LogP) is 6.38. The first kappa shape index (κ1) is 45.8. The van der Waals surface area contributed by atoms with E-state index in [4.69, 9.17) is 15.2 Å². The number of hydrogen-bond acceptors (Lipinski definition) is 9. The molecule has 0 fully saturated rings. The van der Waals surface area contributed by atoms with Crippen LogP contribution in [0.25, 0.3) is 22.3 Å². The van der Waals surface area contributed by atoms with Crippen molar-refractivity contribution in [3.8, 4) is 28.0 Å². The van der Waals surface area contributed by atoms with Crippen molar-refractivity contribution in [1.29, 1.82) is 0 Å². The second-order valence-electron chi connectivity index (χ2n) is 12.3. The first-order chi connectivity index (χ1) is 26.1. The van der Waals surface area contributed by atoms with Gasteiger partial charge in [-0.2, -0.15) is 0 Å². The molecule has 3 aromatic carbocycles. The van der Waals surface area contributed by atoms with E-state index in [1.54, 1.807) is 56.8 Å². The Balaban J connectivity index is 0.000000319. The average molecular weight is 980 g/mol. The fraction of sp³-hybridized carbons (Fsp3) is 0.225. The summed E-state index contributed by atoms with van der Waals surface area (Å²) in [6.45, 7) is 0. The van der Waals surface area contributed by atoms with Crippen LogP contribution >= 0.6 is 60.2 Å². The van der Waals surface area contributed by atoms with Crippen LogP contribution in [0.1, 0.15) is 21.5 Å². The lowest BCUT2D eigenvalue weighted by atomic mass is 10.0. The minimum absolute atomic E-state index is 0. The molecule has 0 aliphatic carbocycles. The molecule has 0 saturated carbocycles. The van der Waals surface area contributed by atoms with E-state index in [1.165, 1.54) is 30.5 Å². The summed E-state index contributed by atoms with van der Waals surface area (Å²) < 4.78 is 19.9. The largest absolute Gasteiger partial charge is 0.497 e. The number of rotatable bonds is 11. The van der Waals surface area contributed by atoms with Gasteiger partial charge in [-0.05, 0) is 107 Å². The Morgan fingerprint density at radius 2 is 1.16 bits per heavy atom. The molecule has 56 heavy (non-hydrogen) atoms. The number of ether oxygens (including phenoxy) is 3. The summed E-state index contributed by atoms with van der Waals surface area (Å²) in [5.74, 6) is -0.921. The highest BCUT2D eigenvalue weighted by atomic mass is 79.9. The fourth-order valence-corrected chi connectivity index (χ4v) is 7.00. The van der Waals surface area contributed by atoms with Gasteiger partial charge in [0.1, 0.15) is 17.8 Å². The number of aromatic nitrogens is 2. The zero-order valence-corrected chi connectivity index (χ0v) is 36.6. The molecule has 0 bridgehead atoms. The van der Waals surface area contributed by atoms with E-state index in [9.17, 15) is 24.0 Å². The molecule has 296 valence electrons. The predicted molar refractivity (Wildman–Crippen MR) is 228 cm³/mol. The van der Waals surface area contributed by atoms with Crippen LogP contribution in [-0.2, 0) is 46.0 Å². The first-order valence-electron chi connectivity index (χ1n) is 16.6. The SMILES string of the molecule is COC(=O)C(Cc1ccc(-c2cc(Br)cn(C)c2=O)cc1)NC(=O)c1cc(OC)ccc1Br.COC(=O)C(N)Cc1ccc(-c2cc(Br)cn(C)c2=O)cc1.Cl. The van der Waals surface area contributed by atoms with Gasteiger partial charge in [0.05, 0.1) is 26.9 Å². The van der Waals surface area contributed by atoms with Crippen molar-refractivity contribution in [2.24, 2.45) is 19.8 Å². The van der Waals surface area contributed by atoms with Crippen LogP contribution in [0.15, 0.2) is 114 Å². The van der Waals surface area contributed by atoms with Gasteiger partial charge in [0, 0.05) is 57.5 Å². The summed E-state index contributed by atoms with van der Waals surface area (Å²) in [4.78, 5) is 61.2. The Bertz CT molecular complexity index is 2300. The second-order valence-corrected chi connectivity index (χ2v) is 15.0. The number of benzene rings is 3. The highest BCUT2D eigenvalue weighted by Crippen LogP contribution is 2.24. The van der Waals surface area contributed by atoms with Gasteiger partial charge in [-0.3, -0.25) is 19.2 Å². The van der Waals surface area contributed by atoms with Gasteiger partial charge >= 0.3 is 11.9 Å². The molecule has 3 N–H and O–H groups in total. The lowest BCUT2D eigenvalue weighted by Crippen LogP contribution is -2.43. The van der Waals surface area contributed by atoms with E-state index >= 15 is 0 Å². The minimum Gasteiger partial charge on any atom is -0.497 e. The third-order valence-corrected chi connectivity index (χ3v) is 10.00. The average Bonchev–Trinajstić information content (AvgIpc) is 3.17. The molecule has 12 nitrogen and oxygen atoms in total. The Kier molecular flexibility index (Phi) is 17.3. The van der Waals surface area contributed by atoms with Crippen molar-refractivity contribution in [2.75, 3.05) is 21.3 Å². The summed E-state index contributed by atoms with van der Waals surface area (Å²) in [6.07, 6.45) is 4.03. The number of nitrogens with zero attached hydrogens (tertiary/aromatic N) is 2. The normalized spacial score (nSPS) is 11.5. The number of amides is 1. The van der Waals surface area contributed by atoms with Crippen molar-refractivity contribution in [3.63, 3.8) is 0 Å². The fourth-order valence-electron chi connectivity index (χ4n) is 5.50. The molecular formula is C40H40Br3ClN4O8. The summed E-state index contributed by atoms with van der Waals surface area (Å²) >= 11 is 10.2. The van der Waals surface area contributed by atoms with Gasteiger partial charge in [0.15, 0.2) is 0 Å². The zero-order chi connectivity index (χ0) is 40.4. The number of carbonyl (C=O) groups excluding carboxylic acids is 3. The van der Waals surface area contributed by atoms with E-state index in [2.05, 4.69) is 57.8 Å². The maximum absolute atomic E-state index is 12.8. The van der Waals surface area contributed by atoms with Crippen molar-refractivity contribution in [1.82, 2.24) is 14.5 Å². The molecular weight excluding hydrogens is 940 g/mol. The van der Waals surface area contributed by atoms with Crippen molar-refractivity contribution in [3.05, 3.63) is 142 Å². The molecule has 2 heterocycles. The van der Waals surface area contributed by atoms with Crippen LogP contribution in [0.5, 0.6) is 5.75 Å². The van der Waals surface area contributed by atoms with E-state index in [0.717, 1.165) is 31.2 Å². The van der Waals surface area contributed by atoms with Crippen molar-refractivity contribution in [2.45, 2.75) is 24.9 Å². The molecule has 5 rings (SSSR count). The molecule has 1 amide bonds. The van der Waals surface area contributed by atoms with E-state index in [-0.39, 0.29) is 29.9 Å². The third kappa shape index (κ3) is 12.0. The van der Waals surface area contributed by atoms with Gasteiger partial charge in [-0.1, -0.05) is 48.5 Å². The number of methoxy groups -OCH3 is 3. The zero-order valence-electron chi connectivity index (χ0n) is 31.0. The number of nitrogens with one attached hydrogen (secondary N) is 1. The smallest absolute Gasteiger partial charge is 0.328 e. The maximum Gasteiger partial charge on any atom is 0.328 e.